The highest BCUT2D eigenvalue weighted by Gasteiger charge is 2.24. The number of hydrogen-bond acceptors (Lipinski definition) is 2. The Morgan fingerprint density at radius 2 is 1.42 bits per heavy atom. The van der Waals surface area contributed by atoms with Crippen molar-refractivity contribution in [3.63, 3.8) is 0 Å². The van der Waals surface area contributed by atoms with Gasteiger partial charge in [0.25, 0.3) is 0 Å². The molecule has 0 saturated carbocycles. The molecule has 0 bridgehead atoms. The molecule has 1 fully saturated rings. The molecule has 0 aromatic carbocycles. The molecule has 26 heavy (non-hydrogen) atoms. The quantitative estimate of drug-likeness (QED) is 0.135. The van der Waals surface area contributed by atoms with Crippen molar-refractivity contribution in [3.05, 3.63) is 60.8 Å². The molecule has 2 unspecified atom stereocenters. The number of halogens is 1. The van der Waals surface area contributed by atoms with Gasteiger partial charge in [0.05, 0.1) is 6.61 Å². The zero-order valence-corrected chi connectivity index (χ0v) is 18.1. The molecule has 2 atom stereocenters. The maximum atomic E-state index is 11.1. The van der Waals surface area contributed by atoms with Gasteiger partial charge in [-0.3, -0.25) is 4.79 Å². The van der Waals surface area contributed by atoms with Crippen LogP contribution in [0.25, 0.3) is 0 Å². The Morgan fingerprint density at radius 1 is 0.923 bits per heavy atom. The molecule has 1 saturated heterocycles. The first kappa shape index (κ1) is 22.9. The first-order valence-corrected chi connectivity index (χ1v) is 11.0. The smallest absolute Gasteiger partial charge is 0.305 e. The van der Waals surface area contributed by atoms with Gasteiger partial charge >= 0.3 is 5.97 Å². The van der Waals surface area contributed by atoms with E-state index in [2.05, 4.69) is 90.3 Å². The third kappa shape index (κ3) is 12.3. The number of ether oxygens (including phenoxy) is 1. The second kappa shape index (κ2) is 16.1. The summed E-state index contributed by atoms with van der Waals surface area (Å²) in [6.07, 6.45) is 30.0. The first-order valence-electron chi connectivity index (χ1n) is 9.78. The Morgan fingerprint density at radius 3 is 1.88 bits per heavy atom. The summed E-state index contributed by atoms with van der Waals surface area (Å²) >= 11 is 2.49. The summed E-state index contributed by atoms with van der Waals surface area (Å²) < 4.78 is 5.70. The summed E-state index contributed by atoms with van der Waals surface area (Å²) in [6.45, 7) is 2.75. The average molecular weight is 468 g/mol. The second-order valence-electron chi connectivity index (χ2n) is 6.44. The van der Waals surface area contributed by atoms with Crippen LogP contribution in [-0.4, -0.2) is 16.5 Å². The standard InChI is InChI=1S/C23H33IO2/c1-2-3-4-5-6-7-8-9-10-11-12-13-14-15-16-17-22(24)21-18-19-23(25)26-20-21/h3-4,6-7,9-10,12-13,15-16,21-22H,2,5,8,11,14,17-20H2,1H3/b4-3-,7-6-,10-9-,13-12-,16-15-. The molecule has 0 spiro atoms. The van der Waals surface area contributed by atoms with E-state index >= 15 is 0 Å². The van der Waals surface area contributed by atoms with Gasteiger partial charge in [-0.2, -0.15) is 0 Å². The van der Waals surface area contributed by atoms with Gasteiger partial charge in [-0.1, -0.05) is 90.3 Å². The molecular weight excluding hydrogens is 435 g/mol. The lowest BCUT2D eigenvalue weighted by Gasteiger charge is -2.25. The second-order valence-corrected chi connectivity index (χ2v) is 8.04. The van der Waals surface area contributed by atoms with Crippen molar-refractivity contribution in [1.29, 1.82) is 0 Å². The van der Waals surface area contributed by atoms with E-state index in [1.165, 1.54) is 0 Å². The van der Waals surface area contributed by atoms with Crippen molar-refractivity contribution in [3.8, 4) is 0 Å². The van der Waals surface area contributed by atoms with Gasteiger partial charge in [-0.25, -0.2) is 0 Å². The van der Waals surface area contributed by atoms with E-state index in [0.29, 0.717) is 22.9 Å². The van der Waals surface area contributed by atoms with E-state index in [1.807, 2.05) is 0 Å². The van der Waals surface area contributed by atoms with Crippen LogP contribution in [0.5, 0.6) is 0 Å². The summed E-state index contributed by atoms with van der Waals surface area (Å²) in [4.78, 5) is 11.1. The zero-order valence-electron chi connectivity index (χ0n) is 16.0. The Balaban J connectivity index is 2.02. The lowest BCUT2D eigenvalue weighted by Crippen LogP contribution is -2.27. The number of alkyl halides is 1. The number of esters is 1. The van der Waals surface area contributed by atoms with Crippen molar-refractivity contribution in [2.24, 2.45) is 5.92 Å². The van der Waals surface area contributed by atoms with Crippen LogP contribution in [0.15, 0.2) is 60.8 Å². The van der Waals surface area contributed by atoms with Crippen LogP contribution in [0.4, 0.5) is 0 Å². The molecule has 0 aromatic heterocycles. The molecule has 3 heteroatoms. The average Bonchev–Trinajstić information content (AvgIpc) is 2.65. The lowest BCUT2D eigenvalue weighted by atomic mass is 9.96. The van der Waals surface area contributed by atoms with Crippen LogP contribution in [0.3, 0.4) is 0 Å². The molecular formula is C23H33IO2. The third-order valence-corrected chi connectivity index (χ3v) is 5.73. The molecule has 1 rings (SSSR count). The van der Waals surface area contributed by atoms with Crippen LogP contribution in [0.1, 0.15) is 58.3 Å². The molecule has 0 aliphatic carbocycles. The van der Waals surface area contributed by atoms with Crippen molar-refractivity contribution in [1.82, 2.24) is 0 Å². The topological polar surface area (TPSA) is 26.3 Å². The van der Waals surface area contributed by atoms with Gasteiger partial charge in [-0.15, -0.1) is 0 Å². The highest BCUT2D eigenvalue weighted by atomic mass is 127. The fraction of sp³-hybridized carbons (Fsp3) is 0.522. The van der Waals surface area contributed by atoms with Crippen LogP contribution >= 0.6 is 22.6 Å². The molecule has 1 aliphatic rings. The largest absolute Gasteiger partial charge is 0.465 e. The minimum atomic E-state index is -0.0419. The fourth-order valence-corrected chi connectivity index (χ4v) is 3.47. The van der Waals surface area contributed by atoms with E-state index in [4.69, 9.17) is 4.74 Å². The Bertz CT molecular complexity index is 504. The van der Waals surface area contributed by atoms with Gasteiger partial charge in [0.1, 0.15) is 0 Å². The molecule has 0 radical (unpaired) electrons. The van der Waals surface area contributed by atoms with Gasteiger partial charge < -0.3 is 4.74 Å². The summed E-state index contributed by atoms with van der Waals surface area (Å²) in [5, 5.41) is 0. The normalized spacial score (nSPS) is 20.2. The van der Waals surface area contributed by atoms with Crippen molar-refractivity contribution in [2.75, 3.05) is 6.61 Å². The summed E-state index contributed by atoms with van der Waals surface area (Å²) in [5.74, 6) is 0.468. The molecule has 1 aliphatic heterocycles. The van der Waals surface area contributed by atoms with E-state index < -0.39 is 0 Å². The van der Waals surface area contributed by atoms with Gasteiger partial charge in [-0.05, 0) is 44.9 Å². The van der Waals surface area contributed by atoms with Crippen LogP contribution < -0.4 is 0 Å². The third-order valence-electron chi connectivity index (χ3n) is 4.21. The number of carbonyl (C=O) groups is 1. The summed E-state index contributed by atoms with van der Waals surface area (Å²) in [5.41, 5.74) is 0. The maximum absolute atomic E-state index is 11.1. The lowest BCUT2D eigenvalue weighted by molar-refractivity contribution is -0.149. The Labute approximate surface area is 173 Å². The number of cyclic esters (lactones) is 1. The Kier molecular flexibility index (Phi) is 14.2. The van der Waals surface area contributed by atoms with E-state index in [9.17, 15) is 4.79 Å². The first-order chi connectivity index (χ1) is 12.7. The number of carbonyl (C=O) groups excluding carboxylic acids is 1. The van der Waals surface area contributed by atoms with Crippen LogP contribution in [0, 0.1) is 5.92 Å². The molecule has 144 valence electrons. The van der Waals surface area contributed by atoms with E-state index in [0.717, 1.165) is 44.9 Å². The predicted molar refractivity (Wildman–Crippen MR) is 121 cm³/mol. The highest BCUT2D eigenvalue weighted by Crippen LogP contribution is 2.26. The van der Waals surface area contributed by atoms with E-state index in [-0.39, 0.29) is 5.97 Å². The highest BCUT2D eigenvalue weighted by molar-refractivity contribution is 14.1. The van der Waals surface area contributed by atoms with Gasteiger partial charge in [0.15, 0.2) is 0 Å². The van der Waals surface area contributed by atoms with Gasteiger partial charge in [0, 0.05) is 16.3 Å². The van der Waals surface area contributed by atoms with Crippen molar-refractivity contribution >= 4 is 28.6 Å². The summed E-state index contributed by atoms with van der Waals surface area (Å²) in [7, 11) is 0. The Hall–Kier alpha value is -1.10. The number of allylic oxidation sites excluding steroid dienone is 10. The predicted octanol–water partition coefficient (Wildman–Crippen LogP) is 6.88. The minimum Gasteiger partial charge on any atom is -0.465 e. The number of rotatable bonds is 12. The monoisotopic (exact) mass is 468 g/mol. The minimum absolute atomic E-state index is 0.0419. The SMILES string of the molecule is CC/C=C\C/C=C\C/C=C\C/C=C\C/C=C\CC(I)C1CCC(=O)OC1. The molecule has 2 nitrogen and oxygen atoms in total. The van der Waals surface area contributed by atoms with Crippen molar-refractivity contribution in [2.45, 2.75) is 62.2 Å². The molecule has 0 amide bonds. The number of hydrogen-bond donors (Lipinski definition) is 0. The fourth-order valence-electron chi connectivity index (χ4n) is 2.61. The molecule has 0 aromatic rings. The zero-order chi connectivity index (χ0) is 18.9. The molecule has 1 heterocycles. The van der Waals surface area contributed by atoms with Crippen LogP contribution in [0.2, 0.25) is 0 Å². The van der Waals surface area contributed by atoms with Crippen LogP contribution in [-0.2, 0) is 9.53 Å². The van der Waals surface area contributed by atoms with E-state index in [1.54, 1.807) is 0 Å². The van der Waals surface area contributed by atoms with Crippen molar-refractivity contribution < 1.29 is 9.53 Å². The maximum Gasteiger partial charge on any atom is 0.305 e. The molecule has 0 N–H and O–H groups in total. The van der Waals surface area contributed by atoms with Gasteiger partial charge in [0.2, 0.25) is 0 Å². The summed E-state index contributed by atoms with van der Waals surface area (Å²) in [6, 6.07) is 0.